The quantitative estimate of drug-likeness (QED) is 0.502. The molecule has 0 unspecified atom stereocenters. The summed E-state index contributed by atoms with van der Waals surface area (Å²) in [5, 5.41) is 10.6. The smallest absolute Gasteiger partial charge is 0.401 e. The van der Waals surface area contributed by atoms with Crippen LogP contribution in [0.3, 0.4) is 0 Å². The number of carbonyl (C=O) groups is 1. The molecule has 130 valence electrons. The lowest BCUT2D eigenvalue weighted by Crippen LogP contribution is -3.13. The van der Waals surface area contributed by atoms with Crippen LogP contribution in [0, 0.1) is 10.1 Å². The maximum atomic E-state index is 12.2. The second-order valence-electron chi connectivity index (χ2n) is 6.00. The minimum atomic E-state index is -0.603. The van der Waals surface area contributed by atoms with Crippen molar-refractivity contribution in [1.82, 2.24) is 4.90 Å². The van der Waals surface area contributed by atoms with Crippen molar-refractivity contribution in [3.05, 3.63) is 70.0 Å². The zero-order valence-electron chi connectivity index (χ0n) is 13.8. The van der Waals surface area contributed by atoms with Crippen molar-refractivity contribution in [3.8, 4) is 0 Å². The first-order valence-electron chi connectivity index (χ1n) is 8.20. The SMILES string of the molecule is O=C(C=Cc1ccc([N+](=O)[O-])o1)N1CC[NH+](Cc2ccccc2)CC1. The molecule has 0 radical (unpaired) electrons. The van der Waals surface area contributed by atoms with Gasteiger partial charge in [0.15, 0.2) is 0 Å². The van der Waals surface area contributed by atoms with Gasteiger partial charge >= 0.3 is 5.88 Å². The Hall–Kier alpha value is -2.93. The Morgan fingerprint density at radius 1 is 1.20 bits per heavy atom. The molecule has 1 aromatic carbocycles. The van der Waals surface area contributed by atoms with Crippen LogP contribution >= 0.6 is 0 Å². The monoisotopic (exact) mass is 342 g/mol. The van der Waals surface area contributed by atoms with Crippen LogP contribution in [0.2, 0.25) is 0 Å². The van der Waals surface area contributed by atoms with Crippen molar-refractivity contribution in [2.75, 3.05) is 26.2 Å². The van der Waals surface area contributed by atoms with E-state index in [1.807, 2.05) is 18.2 Å². The van der Waals surface area contributed by atoms with Gasteiger partial charge in [-0.1, -0.05) is 30.3 Å². The molecule has 1 aliphatic heterocycles. The van der Waals surface area contributed by atoms with Crippen LogP contribution < -0.4 is 4.90 Å². The summed E-state index contributed by atoms with van der Waals surface area (Å²) < 4.78 is 5.01. The molecule has 0 aliphatic carbocycles. The summed E-state index contributed by atoms with van der Waals surface area (Å²) in [6, 6.07) is 13.1. The van der Waals surface area contributed by atoms with Gasteiger partial charge in [-0.15, -0.1) is 0 Å². The van der Waals surface area contributed by atoms with Crippen LogP contribution in [0.5, 0.6) is 0 Å². The summed E-state index contributed by atoms with van der Waals surface area (Å²) >= 11 is 0. The van der Waals surface area contributed by atoms with Crippen molar-refractivity contribution in [2.24, 2.45) is 0 Å². The maximum Gasteiger partial charge on any atom is 0.433 e. The zero-order chi connectivity index (χ0) is 17.6. The Bertz CT molecular complexity index is 762. The summed E-state index contributed by atoms with van der Waals surface area (Å²) in [6.07, 6.45) is 2.88. The van der Waals surface area contributed by atoms with E-state index in [2.05, 4.69) is 12.1 Å². The van der Waals surface area contributed by atoms with Crippen molar-refractivity contribution in [2.45, 2.75) is 6.54 Å². The molecule has 1 aliphatic rings. The van der Waals surface area contributed by atoms with E-state index in [0.717, 1.165) is 19.6 Å². The van der Waals surface area contributed by atoms with Gasteiger partial charge in [-0.25, -0.2) is 0 Å². The second-order valence-corrected chi connectivity index (χ2v) is 6.00. The van der Waals surface area contributed by atoms with Crippen molar-refractivity contribution >= 4 is 17.9 Å². The minimum Gasteiger partial charge on any atom is -0.401 e. The van der Waals surface area contributed by atoms with Gasteiger partial charge in [0.1, 0.15) is 17.2 Å². The number of hydrogen-bond acceptors (Lipinski definition) is 4. The highest BCUT2D eigenvalue weighted by Crippen LogP contribution is 2.16. The van der Waals surface area contributed by atoms with E-state index in [0.29, 0.717) is 18.8 Å². The number of nitro groups is 1. The third-order valence-electron chi connectivity index (χ3n) is 4.26. The molecule has 2 heterocycles. The van der Waals surface area contributed by atoms with Gasteiger partial charge in [0.2, 0.25) is 5.91 Å². The number of piperazine rings is 1. The standard InChI is InChI=1S/C18H19N3O4/c22-17(8-6-16-7-9-18(25-16)21(23)24)20-12-10-19(11-13-20)14-15-4-2-1-3-5-15/h1-9H,10-14H2/p+1. The third-order valence-corrected chi connectivity index (χ3v) is 4.26. The fourth-order valence-electron chi connectivity index (χ4n) is 2.89. The predicted octanol–water partition coefficient (Wildman–Crippen LogP) is 1.13. The Morgan fingerprint density at radius 3 is 2.56 bits per heavy atom. The number of carbonyl (C=O) groups excluding carboxylic acids is 1. The van der Waals surface area contributed by atoms with Crippen molar-refractivity contribution in [3.63, 3.8) is 0 Å². The summed E-state index contributed by atoms with van der Waals surface area (Å²) in [6.45, 7) is 4.17. The number of quaternary nitrogens is 1. The molecule has 1 saturated heterocycles. The molecule has 25 heavy (non-hydrogen) atoms. The van der Waals surface area contributed by atoms with E-state index in [1.54, 1.807) is 4.90 Å². The zero-order valence-corrected chi connectivity index (χ0v) is 13.8. The molecule has 7 nitrogen and oxygen atoms in total. The lowest BCUT2D eigenvalue weighted by molar-refractivity contribution is -0.917. The second kappa shape index (κ2) is 7.76. The van der Waals surface area contributed by atoms with Crippen molar-refractivity contribution in [1.29, 1.82) is 0 Å². The van der Waals surface area contributed by atoms with Crippen LogP contribution in [0.4, 0.5) is 5.88 Å². The topological polar surface area (TPSA) is 81.0 Å². The Kier molecular flexibility index (Phi) is 5.25. The number of nitrogens with zero attached hydrogens (tertiary/aromatic N) is 2. The number of furan rings is 1. The maximum absolute atomic E-state index is 12.2. The number of amides is 1. The number of hydrogen-bond donors (Lipinski definition) is 1. The molecule has 1 N–H and O–H groups in total. The number of rotatable bonds is 5. The molecule has 2 aromatic rings. The summed E-state index contributed by atoms with van der Waals surface area (Å²) in [4.78, 5) is 25.5. The molecule has 1 fully saturated rings. The van der Waals surface area contributed by atoms with Gasteiger partial charge < -0.3 is 14.2 Å². The lowest BCUT2D eigenvalue weighted by atomic mass is 10.2. The largest absolute Gasteiger partial charge is 0.433 e. The van der Waals surface area contributed by atoms with E-state index in [9.17, 15) is 14.9 Å². The summed E-state index contributed by atoms with van der Waals surface area (Å²) in [5.74, 6) is -0.128. The first-order chi connectivity index (χ1) is 12.1. The molecule has 0 atom stereocenters. The van der Waals surface area contributed by atoms with E-state index in [4.69, 9.17) is 4.42 Å². The van der Waals surface area contributed by atoms with Crippen LogP contribution in [-0.2, 0) is 11.3 Å². The molecule has 0 saturated carbocycles. The minimum absolute atomic E-state index is 0.0992. The number of benzene rings is 1. The highest BCUT2D eigenvalue weighted by molar-refractivity contribution is 5.91. The van der Waals surface area contributed by atoms with Gasteiger partial charge in [-0.2, -0.15) is 0 Å². The predicted molar refractivity (Wildman–Crippen MR) is 91.8 cm³/mol. The lowest BCUT2D eigenvalue weighted by Gasteiger charge is -2.31. The normalized spacial score (nSPS) is 15.6. The third kappa shape index (κ3) is 4.54. The van der Waals surface area contributed by atoms with E-state index in [1.165, 1.54) is 34.7 Å². The molecular weight excluding hydrogens is 322 g/mol. The van der Waals surface area contributed by atoms with Crippen LogP contribution in [0.25, 0.3) is 6.08 Å². The highest BCUT2D eigenvalue weighted by atomic mass is 16.6. The van der Waals surface area contributed by atoms with Gasteiger partial charge in [0.05, 0.1) is 32.2 Å². The molecule has 0 spiro atoms. The van der Waals surface area contributed by atoms with E-state index < -0.39 is 4.92 Å². The van der Waals surface area contributed by atoms with Crippen molar-refractivity contribution < 1.29 is 19.0 Å². The molecule has 1 amide bonds. The molecule has 7 heteroatoms. The van der Waals surface area contributed by atoms with E-state index >= 15 is 0 Å². The van der Waals surface area contributed by atoms with Gasteiger partial charge in [0, 0.05) is 11.6 Å². The van der Waals surface area contributed by atoms with Crippen LogP contribution in [0.1, 0.15) is 11.3 Å². The Balaban J connectivity index is 1.49. The fraction of sp³-hybridized carbons (Fsp3) is 0.278. The average Bonchev–Trinajstić information content (AvgIpc) is 3.11. The Labute approximate surface area is 145 Å². The molecule has 0 bridgehead atoms. The Morgan fingerprint density at radius 2 is 1.92 bits per heavy atom. The van der Waals surface area contributed by atoms with Crippen LogP contribution in [-0.4, -0.2) is 41.9 Å². The highest BCUT2D eigenvalue weighted by Gasteiger charge is 2.22. The average molecular weight is 342 g/mol. The van der Waals surface area contributed by atoms with Crippen LogP contribution in [0.15, 0.2) is 53.0 Å². The van der Waals surface area contributed by atoms with Gasteiger partial charge in [-0.3, -0.25) is 14.9 Å². The first kappa shape index (κ1) is 16.9. The van der Waals surface area contributed by atoms with Gasteiger partial charge in [0.25, 0.3) is 0 Å². The molecular formula is C18H20N3O4+. The number of nitrogens with one attached hydrogen (secondary N) is 1. The molecule has 3 rings (SSSR count). The summed E-state index contributed by atoms with van der Waals surface area (Å²) in [5.41, 5.74) is 1.30. The summed E-state index contributed by atoms with van der Waals surface area (Å²) in [7, 11) is 0. The molecule has 1 aromatic heterocycles. The van der Waals surface area contributed by atoms with E-state index in [-0.39, 0.29) is 11.8 Å². The first-order valence-corrected chi connectivity index (χ1v) is 8.20. The fourth-order valence-corrected chi connectivity index (χ4v) is 2.89. The van der Waals surface area contributed by atoms with Gasteiger partial charge in [-0.05, 0) is 12.1 Å².